The molecule has 0 rings (SSSR count). The van der Waals surface area contributed by atoms with Crippen molar-refractivity contribution >= 4 is 7.28 Å². The molecule has 0 atom stereocenters. The molecule has 0 aliphatic rings. The summed E-state index contributed by atoms with van der Waals surface area (Å²) in [6.07, 6.45) is 0. The van der Waals surface area contributed by atoms with Crippen molar-refractivity contribution in [2.45, 2.75) is 0 Å². The van der Waals surface area contributed by atoms with Gasteiger partial charge in [0.1, 0.15) is 0 Å². The zero-order valence-electron chi connectivity index (χ0n) is 3.85. The molecular weight excluding hydrogens is 78.8 g/mol. The molecule has 1 N–H and O–H groups in total. The van der Waals surface area contributed by atoms with E-state index in [2.05, 4.69) is 4.74 Å². The minimum Gasteiger partial charge on any atom is -0.405 e. The first-order valence-corrected chi connectivity index (χ1v) is 1.83. The summed E-state index contributed by atoms with van der Waals surface area (Å²) in [5.41, 5.74) is 0. The summed E-state index contributed by atoms with van der Waals surface area (Å²) < 4.78 is 4.57. The molecule has 0 aromatic rings. The number of rotatable bonds is 3. The van der Waals surface area contributed by atoms with E-state index in [4.69, 9.17) is 5.11 Å². The normalized spacial score (nSPS) is 8.33. The molecule has 3 heteroatoms. The second-order valence-corrected chi connectivity index (χ2v) is 0.927. The van der Waals surface area contributed by atoms with E-state index < -0.39 is 0 Å². The van der Waals surface area contributed by atoms with Crippen LogP contribution in [0.2, 0.25) is 0 Å². The van der Waals surface area contributed by atoms with Crippen LogP contribution >= 0.6 is 0 Å². The van der Waals surface area contributed by atoms with E-state index in [1.165, 1.54) is 0 Å². The average molecular weight is 86.9 g/mol. The SMILES string of the molecule is COC[B]CO. The van der Waals surface area contributed by atoms with Gasteiger partial charge in [-0.05, 0) is 0 Å². The molecule has 0 amide bonds. The van der Waals surface area contributed by atoms with Crippen molar-refractivity contribution in [3.8, 4) is 0 Å². The van der Waals surface area contributed by atoms with Crippen molar-refractivity contribution in [2.24, 2.45) is 0 Å². The van der Waals surface area contributed by atoms with Gasteiger partial charge in [0, 0.05) is 20.1 Å². The van der Waals surface area contributed by atoms with E-state index in [1.807, 2.05) is 0 Å². The fourth-order valence-corrected chi connectivity index (χ4v) is 0.171. The Labute approximate surface area is 38.4 Å². The molecule has 1 radical (unpaired) electrons. The van der Waals surface area contributed by atoms with Crippen molar-refractivity contribution < 1.29 is 9.84 Å². The van der Waals surface area contributed by atoms with Gasteiger partial charge in [0.25, 0.3) is 0 Å². The number of aliphatic hydroxyl groups excluding tert-OH is 1. The van der Waals surface area contributed by atoms with Crippen molar-refractivity contribution in [3.05, 3.63) is 0 Å². The number of aliphatic hydroxyl groups is 1. The van der Waals surface area contributed by atoms with E-state index >= 15 is 0 Å². The summed E-state index contributed by atoms with van der Waals surface area (Å²) in [4.78, 5) is 0. The summed E-state index contributed by atoms with van der Waals surface area (Å²) in [5, 5.41) is 8.06. The van der Waals surface area contributed by atoms with Gasteiger partial charge >= 0.3 is 0 Å². The Kier molecular flexibility index (Phi) is 4.97. The molecule has 0 aromatic heterocycles. The standard InChI is InChI=1S/C3H8BO2/c1-6-3-4-2-5/h5H,2-3H2,1H3. The van der Waals surface area contributed by atoms with E-state index in [-0.39, 0.29) is 6.51 Å². The van der Waals surface area contributed by atoms with Gasteiger partial charge in [0.15, 0.2) is 7.28 Å². The summed E-state index contributed by atoms with van der Waals surface area (Å²) >= 11 is 0. The number of hydrogen-bond donors (Lipinski definition) is 1. The van der Waals surface area contributed by atoms with Gasteiger partial charge in [0.2, 0.25) is 0 Å². The van der Waals surface area contributed by atoms with Crippen molar-refractivity contribution in [3.63, 3.8) is 0 Å². The van der Waals surface area contributed by atoms with Crippen LogP contribution in [0.3, 0.4) is 0 Å². The minimum atomic E-state index is 0.105. The maximum Gasteiger partial charge on any atom is 0.179 e. The maximum atomic E-state index is 8.06. The van der Waals surface area contributed by atoms with Crippen molar-refractivity contribution in [1.82, 2.24) is 0 Å². The van der Waals surface area contributed by atoms with Gasteiger partial charge in [-0.15, -0.1) is 0 Å². The molecule has 0 aromatic carbocycles. The quantitative estimate of drug-likeness (QED) is 0.362. The molecule has 0 spiro atoms. The fraction of sp³-hybridized carbons (Fsp3) is 1.00. The van der Waals surface area contributed by atoms with Gasteiger partial charge in [-0.2, -0.15) is 0 Å². The number of methoxy groups -OCH3 is 1. The van der Waals surface area contributed by atoms with Gasteiger partial charge in [0.05, 0.1) is 0 Å². The summed E-state index contributed by atoms with van der Waals surface area (Å²) in [6.45, 7) is 0.643. The third-order valence-electron chi connectivity index (χ3n) is 0.414. The molecule has 0 fully saturated rings. The van der Waals surface area contributed by atoms with Gasteiger partial charge in [-0.1, -0.05) is 0 Å². The third-order valence-corrected chi connectivity index (χ3v) is 0.414. The third kappa shape index (κ3) is 3.98. The lowest BCUT2D eigenvalue weighted by Crippen LogP contribution is -2.04. The predicted molar refractivity (Wildman–Crippen MR) is 24.7 cm³/mol. The minimum absolute atomic E-state index is 0.105. The van der Waals surface area contributed by atoms with Crippen molar-refractivity contribution in [1.29, 1.82) is 0 Å². The molecular formula is C3H8BO2. The van der Waals surface area contributed by atoms with Crippen LogP contribution in [-0.2, 0) is 4.74 Å². The Morgan fingerprint density at radius 3 is 2.67 bits per heavy atom. The highest BCUT2D eigenvalue weighted by atomic mass is 16.5. The topological polar surface area (TPSA) is 29.5 Å². The Bertz CT molecular complexity index is 20.8. The van der Waals surface area contributed by atoms with Crippen molar-refractivity contribution in [2.75, 3.05) is 20.1 Å². The molecule has 0 saturated carbocycles. The molecule has 0 bridgehead atoms. The Morgan fingerprint density at radius 2 is 2.50 bits per heavy atom. The summed E-state index contributed by atoms with van der Waals surface area (Å²) in [5.74, 6) is 0. The maximum absolute atomic E-state index is 8.06. The Morgan fingerprint density at radius 1 is 1.83 bits per heavy atom. The number of ether oxygens (including phenoxy) is 1. The van der Waals surface area contributed by atoms with E-state index in [1.54, 1.807) is 14.4 Å². The van der Waals surface area contributed by atoms with E-state index in [9.17, 15) is 0 Å². The lowest BCUT2D eigenvalue weighted by atomic mass is 9.82. The van der Waals surface area contributed by atoms with Gasteiger partial charge in [-0.3, -0.25) is 0 Å². The fourth-order valence-electron chi connectivity index (χ4n) is 0.171. The van der Waals surface area contributed by atoms with Crippen LogP contribution in [0.1, 0.15) is 0 Å². The highest BCUT2D eigenvalue weighted by Gasteiger charge is 1.80. The largest absolute Gasteiger partial charge is 0.405 e. The molecule has 0 unspecified atom stereocenters. The van der Waals surface area contributed by atoms with Crippen LogP contribution in [0.25, 0.3) is 0 Å². The van der Waals surface area contributed by atoms with Crippen LogP contribution in [0.4, 0.5) is 0 Å². The molecule has 6 heavy (non-hydrogen) atoms. The Balaban J connectivity index is 2.34. The zero-order valence-corrected chi connectivity index (χ0v) is 3.85. The molecule has 2 nitrogen and oxygen atoms in total. The lowest BCUT2D eigenvalue weighted by Gasteiger charge is -1.87. The first-order valence-electron chi connectivity index (χ1n) is 1.83. The van der Waals surface area contributed by atoms with Crippen LogP contribution in [0.15, 0.2) is 0 Å². The summed E-state index contributed by atoms with van der Waals surface area (Å²) in [6, 6.07) is 0. The van der Waals surface area contributed by atoms with Crippen LogP contribution < -0.4 is 0 Å². The molecule has 0 heterocycles. The molecule has 35 valence electrons. The average Bonchev–Trinajstić information content (AvgIpc) is 1.61. The highest BCUT2D eigenvalue weighted by molar-refractivity contribution is 6.34. The van der Waals surface area contributed by atoms with Gasteiger partial charge < -0.3 is 9.84 Å². The second kappa shape index (κ2) is 4.98. The van der Waals surface area contributed by atoms with Crippen LogP contribution in [0.5, 0.6) is 0 Å². The van der Waals surface area contributed by atoms with Crippen LogP contribution in [-0.4, -0.2) is 32.5 Å². The second-order valence-electron chi connectivity index (χ2n) is 0.927. The van der Waals surface area contributed by atoms with E-state index in [0.29, 0.717) is 6.51 Å². The first kappa shape index (κ1) is 5.98. The molecule has 0 saturated heterocycles. The Hall–Kier alpha value is -0.0151. The predicted octanol–water partition coefficient (Wildman–Crippen LogP) is -0.756. The molecule has 0 aliphatic heterocycles. The van der Waals surface area contributed by atoms with Crippen LogP contribution in [0, 0.1) is 0 Å². The highest BCUT2D eigenvalue weighted by Crippen LogP contribution is 1.58. The molecule has 0 aliphatic carbocycles. The van der Waals surface area contributed by atoms with Gasteiger partial charge in [-0.25, -0.2) is 0 Å². The number of hydrogen-bond acceptors (Lipinski definition) is 2. The lowest BCUT2D eigenvalue weighted by molar-refractivity contribution is 0.246. The van der Waals surface area contributed by atoms with E-state index in [0.717, 1.165) is 0 Å². The zero-order chi connectivity index (χ0) is 4.83. The summed E-state index contributed by atoms with van der Waals surface area (Å²) in [7, 11) is 3.23. The monoisotopic (exact) mass is 87.1 g/mol. The smallest absolute Gasteiger partial charge is 0.179 e. The first-order chi connectivity index (χ1) is 2.91.